The van der Waals surface area contributed by atoms with Gasteiger partial charge in [0.25, 0.3) is 0 Å². The van der Waals surface area contributed by atoms with Gasteiger partial charge in [-0.25, -0.2) is 0 Å². The lowest BCUT2D eigenvalue weighted by molar-refractivity contribution is 0.0993. The number of nitrogens with two attached hydrogens (primary N) is 1. The van der Waals surface area contributed by atoms with Crippen molar-refractivity contribution >= 4 is 27.8 Å². The minimum absolute atomic E-state index is 0.0843. The van der Waals surface area contributed by atoms with E-state index in [1.165, 1.54) is 11.3 Å². The van der Waals surface area contributed by atoms with E-state index in [-0.39, 0.29) is 5.78 Å². The van der Waals surface area contributed by atoms with Crippen molar-refractivity contribution < 1.29 is 9.53 Å². The molecule has 1 aromatic carbocycles. The number of para-hydroxylation sites is 1. The fraction of sp³-hybridized carbons (Fsp3) is 0.267. The second-order valence-electron chi connectivity index (χ2n) is 4.26. The van der Waals surface area contributed by atoms with Crippen molar-refractivity contribution in [3.8, 4) is 5.75 Å². The molecule has 0 spiro atoms. The zero-order valence-corrected chi connectivity index (χ0v) is 12.2. The molecule has 0 saturated carbocycles. The predicted octanol–water partition coefficient (Wildman–Crippen LogP) is 3.41. The van der Waals surface area contributed by atoms with Gasteiger partial charge in [0, 0.05) is 13.0 Å². The molecule has 106 valence electrons. The second-order valence-corrected chi connectivity index (χ2v) is 5.31. The summed E-state index contributed by atoms with van der Waals surface area (Å²) in [6.45, 7) is 3.05. The summed E-state index contributed by atoms with van der Waals surface area (Å²) in [5, 5.41) is 4.12. The Kier molecular flexibility index (Phi) is 5.01. The molecule has 0 atom stereocenters. The highest BCUT2D eigenvalue weighted by molar-refractivity contribution is 7.18. The molecule has 2 rings (SSSR count). The van der Waals surface area contributed by atoms with Crippen LogP contribution < -0.4 is 15.8 Å². The number of ether oxygens (including phenoxy) is 1. The van der Waals surface area contributed by atoms with E-state index in [2.05, 4.69) is 5.32 Å². The molecule has 5 heteroatoms. The van der Waals surface area contributed by atoms with Gasteiger partial charge in [0.1, 0.15) is 12.4 Å². The Labute approximate surface area is 122 Å². The summed E-state index contributed by atoms with van der Waals surface area (Å²) in [5.41, 5.74) is 6.38. The highest BCUT2D eigenvalue weighted by atomic mass is 32.1. The average molecular weight is 290 g/mol. The Morgan fingerprint density at radius 2 is 2.10 bits per heavy atom. The number of hydrogen-bond acceptors (Lipinski definition) is 5. The van der Waals surface area contributed by atoms with E-state index in [0.29, 0.717) is 30.1 Å². The summed E-state index contributed by atoms with van der Waals surface area (Å²) in [5.74, 6) is 0.933. The largest absolute Gasteiger partial charge is 0.492 e. The first-order chi connectivity index (χ1) is 9.70. The Hall–Kier alpha value is -2.01. The Morgan fingerprint density at radius 3 is 2.80 bits per heavy atom. The number of rotatable bonds is 7. The van der Waals surface area contributed by atoms with Crippen molar-refractivity contribution in [2.75, 3.05) is 24.2 Å². The van der Waals surface area contributed by atoms with Crippen molar-refractivity contribution in [2.45, 2.75) is 13.3 Å². The summed E-state index contributed by atoms with van der Waals surface area (Å²) in [7, 11) is 0. The predicted molar refractivity (Wildman–Crippen MR) is 83.8 cm³/mol. The van der Waals surface area contributed by atoms with Crippen molar-refractivity contribution in [2.24, 2.45) is 0 Å². The molecule has 0 fully saturated rings. The molecule has 2 aromatic rings. The number of thiophene rings is 1. The summed E-state index contributed by atoms with van der Waals surface area (Å²) in [6.07, 6.45) is 0.473. The molecular formula is C15H18N2O2S. The maximum absolute atomic E-state index is 11.6. The molecule has 0 unspecified atom stereocenters. The molecule has 0 saturated heterocycles. The fourth-order valence-electron chi connectivity index (χ4n) is 1.73. The van der Waals surface area contributed by atoms with Crippen LogP contribution in [-0.2, 0) is 0 Å². The number of ketones is 1. The molecule has 0 amide bonds. The van der Waals surface area contributed by atoms with Gasteiger partial charge < -0.3 is 15.8 Å². The lowest BCUT2D eigenvalue weighted by atomic mass is 10.2. The number of Topliss-reactive ketones (excluding diaryl/α,β-unsaturated/α-hetero) is 1. The number of nitrogen functional groups attached to an aromatic ring is 1. The van der Waals surface area contributed by atoms with Crippen LogP contribution in [0.25, 0.3) is 0 Å². The number of carbonyl (C=O) groups is 1. The van der Waals surface area contributed by atoms with Crippen molar-refractivity contribution in [3.05, 3.63) is 41.3 Å². The van der Waals surface area contributed by atoms with E-state index in [4.69, 9.17) is 10.5 Å². The first-order valence-corrected chi connectivity index (χ1v) is 7.36. The summed E-state index contributed by atoms with van der Waals surface area (Å²) in [4.78, 5) is 12.3. The third-order valence-electron chi connectivity index (χ3n) is 2.75. The molecule has 4 nitrogen and oxygen atoms in total. The normalized spacial score (nSPS) is 10.2. The number of nitrogens with one attached hydrogen (secondary N) is 1. The average Bonchev–Trinajstić information content (AvgIpc) is 2.85. The van der Waals surface area contributed by atoms with Crippen molar-refractivity contribution in [3.63, 3.8) is 0 Å². The first-order valence-electron chi connectivity index (χ1n) is 6.55. The molecule has 0 aliphatic carbocycles. The van der Waals surface area contributed by atoms with Crippen molar-refractivity contribution in [1.29, 1.82) is 0 Å². The zero-order valence-electron chi connectivity index (χ0n) is 11.4. The molecule has 0 bridgehead atoms. The molecule has 1 heterocycles. The standard InChI is InChI=1S/C15H18N2O2S/c1-2-13(18)15-12(16)10-14(20-15)17-8-9-19-11-6-4-3-5-7-11/h3-7,10,17H,2,8-9,16H2,1H3. The second kappa shape index (κ2) is 6.96. The summed E-state index contributed by atoms with van der Waals surface area (Å²) in [6, 6.07) is 11.5. The van der Waals surface area contributed by atoms with Crippen LogP contribution in [0, 0.1) is 0 Å². The van der Waals surface area contributed by atoms with Gasteiger partial charge in [-0.2, -0.15) is 0 Å². The van der Waals surface area contributed by atoms with Gasteiger partial charge in [0.2, 0.25) is 0 Å². The highest BCUT2D eigenvalue weighted by Gasteiger charge is 2.12. The van der Waals surface area contributed by atoms with Gasteiger partial charge >= 0.3 is 0 Å². The maximum Gasteiger partial charge on any atom is 0.174 e. The molecule has 1 aromatic heterocycles. The molecule has 20 heavy (non-hydrogen) atoms. The quantitative estimate of drug-likeness (QED) is 0.606. The van der Waals surface area contributed by atoms with E-state index >= 15 is 0 Å². The van der Waals surface area contributed by atoms with Gasteiger partial charge in [0.15, 0.2) is 5.78 Å². The summed E-state index contributed by atoms with van der Waals surface area (Å²) < 4.78 is 5.58. The van der Waals surface area contributed by atoms with Gasteiger partial charge in [0.05, 0.1) is 15.6 Å². The van der Waals surface area contributed by atoms with E-state index in [1.807, 2.05) is 37.3 Å². The van der Waals surface area contributed by atoms with Gasteiger partial charge in [-0.15, -0.1) is 11.3 Å². The Morgan fingerprint density at radius 1 is 1.35 bits per heavy atom. The highest BCUT2D eigenvalue weighted by Crippen LogP contribution is 2.30. The van der Waals surface area contributed by atoms with Crippen LogP contribution in [0.3, 0.4) is 0 Å². The third-order valence-corrected chi connectivity index (χ3v) is 3.90. The molecule has 0 aliphatic rings. The number of anilines is 2. The number of benzene rings is 1. The smallest absolute Gasteiger partial charge is 0.174 e. The summed E-state index contributed by atoms with van der Waals surface area (Å²) >= 11 is 1.40. The fourth-order valence-corrected chi connectivity index (χ4v) is 2.75. The molecule has 0 aliphatic heterocycles. The Bertz CT molecular complexity index is 567. The topological polar surface area (TPSA) is 64.3 Å². The molecular weight excluding hydrogens is 272 g/mol. The van der Waals surface area contributed by atoms with E-state index in [0.717, 1.165) is 10.8 Å². The van der Waals surface area contributed by atoms with Crippen LogP contribution in [0.15, 0.2) is 36.4 Å². The van der Waals surface area contributed by atoms with Gasteiger partial charge in [-0.05, 0) is 18.2 Å². The number of carbonyl (C=O) groups excluding carboxylic acids is 1. The van der Waals surface area contributed by atoms with E-state index in [9.17, 15) is 4.79 Å². The van der Waals surface area contributed by atoms with E-state index < -0.39 is 0 Å². The van der Waals surface area contributed by atoms with Crippen LogP contribution in [0.5, 0.6) is 5.75 Å². The minimum Gasteiger partial charge on any atom is -0.492 e. The molecule has 3 N–H and O–H groups in total. The zero-order chi connectivity index (χ0) is 14.4. The SMILES string of the molecule is CCC(=O)c1sc(NCCOc2ccccc2)cc1N. The Balaban J connectivity index is 1.81. The first kappa shape index (κ1) is 14.4. The monoisotopic (exact) mass is 290 g/mol. The lowest BCUT2D eigenvalue weighted by Gasteiger charge is -2.06. The maximum atomic E-state index is 11.6. The van der Waals surface area contributed by atoms with E-state index in [1.54, 1.807) is 6.07 Å². The van der Waals surface area contributed by atoms with Gasteiger partial charge in [-0.1, -0.05) is 25.1 Å². The molecule has 0 radical (unpaired) electrons. The van der Waals surface area contributed by atoms with Gasteiger partial charge in [-0.3, -0.25) is 4.79 Å². The lowest BCUT2D eigenvalue weighted by Crippen LogP contribution is -2.10. The van der Waals surface area contributed by atoms with Crippen LogP contribution in [0.1, 0.15) is 23.0 Å². The van der Waals surface area contributed by atoms with Crippen LogP contribution in [-0.4, -0.2) is 18.9 Å². The van der Waals surface area contributed by atoms with Crippen LogP contribution in [0.4, 0.5) is 10.7 Å². The number of hydrogen-bond donors (Lipinski definition) is 2. The third kappa shape index (κ3) is 3.74. The van der Waals surface area contributed by atoms with Crippen LogP contribution in [0.2, 0.25) is 0 Å². The minimum atomic E-state index is 0.0843. The van der Waals surface area contributed by atoms with Crippen LogP contribution >= 0.6 is 11.3 Å². The van der Waals surface area contributed by atoms with Crippen molar-refractivity contribution in [1.82, 2.24) is 0 Å².